The number of nitrogens with one attached hydrogen (secondary N) is 2. The Morgan fingerprint density at radius 2 is 2.24 bits per heavy atom. The fourth-order valence-electron chi connectivity index (χ4n) is 3.04. The number of aryl methyl sites for hydroxylation is 2. The Hall–Kier alpha value is -1.38. The first kappa shape index (κ1) is 18.4. The van der Waals surface area contributed by atoms with E-state index >= 15 is 0 Å². The summed E-state index contributed by atoms with van der Waals surface area (Å²) in [5, 5.41) is 3.83. The summed E-state index contributed by atoms with van der Waals surface area (Å²) in [6.45, 7) is 10.4. The maximum absolute atomic E-state index is 12.6. The third-order valence-corrected chi connectivity index (χ3v) is 6.93. The SMILES string of the molecule is Cc1sc2nc(CSC(C)C(=O)N3CCNCC3C)[nH]c(=O)c2c1C. The maximum atomic E-state index is 12.6. The van der Waals surface area contributed by atoms with Gasteiger partial charge >= 0.3 is 0 Å². The van der Waals surface area contributed by atoms with Gasteiger partial charge in [-0.3, -0.25) is 9.59 Å². The van der Waals surface area contributed by atoms with Crippen molar-refractivity contribution in [3.8, 4) is 0 Å². The Balaban J connectivity index is 1.69. The monoisotopic (exact) mass is 380 g/mol. The van der Waals surface area contributed by atoms with Crippen molar-refractivity contribution in [2.75, 3.05) is 19.6 Å². The molecule has 2 unspecified atom stereocenters. The van der Waals surface area contributed by atoms with Gasteiger partial charge in [0.05, 0.1) is 16.4 Å². The van der Waals surface area contributed by atoms with Gasteiger partial charge < -0.3 is 15.2 Å². The van der Waals surface area contributed by atoms with Crippen molar-refractivity contribution in [3.63, 3.8) is 0 Å². The number of carbonyl (C=O) groups is 1. The van der Waals surface area contributed by atoms with Gasteiger partial charge in [0.25, 0.3) is 5.56 Å². The Morgan fingerprint density at radius 1 is 1.48 bits per heavy atom. The van der Waals surface area contributed by atoms with Gasteiger partial charge in [-0.1, -0.05) is 0 Å². The molecule has 0 aliphatic carbocycles. The third-order valence-electron chi connectivity index (χ3n) is 4.69. The van der Waals surface area contributed by atoms with Crippen LogP contribution in [0.2, 0.25) is 0 Å². The fourth-order valence-corrected chi connectivity index (χ4v) is 4.92. The first-order valence-corrected chi connectivity index (χ1v) is 10.4. The molecule has 2 N–H and O–H groups in total. The summed E-state index contributed by atoms with van der Waals surface area (Å²) < 4.78 is 0. The highest BCUT2D eigenvalue weighted by atomic mass is 32.2. The lowest BCUT2D eigenvalue weighted by Gasteiger charge is -2.35. The van der Waals surface area contributed by atoms with Crippen LogP contribution in [0.3, 0.4) is 0 Å². The van der Waals surface area contributed by atoms with Crippen molar-refractivity contribution in [1.82, 2.24) is 20.2 Å². The number of piperazine rings is 1. The molecule has 6 nitrogen and oxygen atoms in total. The van der Waals surface area contributed by atoms with E-state index < -0.39 is 0 Å². The molecule has 8 heteroatoms. The molecule has 0 aromatic carbocycles. The highest BCUT2D eigenvalue weighted by Gasteiger charge is 2.27. The lowest BCUT2D eigenvalue weighted by Crippen LogP contribution is -2.54. The normalized spacial score (nSPS) is 19.4. The molecule has 2 aromatic heterocycles. The number of aromatic nitrogens is 2. The predicted molar refractivity (Wildman–Crippen MR) is 105 cm³/mol. The van der Waals surface area contributed by atoms with Gasteiger partial charge in [-0.25, -0.2) is 4.98 Å². The van der Waals surface area contributed by atoms with Crippen molar-refractivity contribution in [2.24, 2.45) is 0 Å². The molecule has 0 radical (unpaired) electrons. The third kappa shape index (κ3) is 3.75. The van der Waals surface area contributed by atoms with Crippen LogP contribution in [0.25, 0.3) is 10.2 Å². The second-order valence-electron chi connectivity index (χ2n) is 6.51. The highest BCUT2D eigenvalue weighted by molar-refractivity contribution is 7.99. The lowest BCUT2D eigenvalue weighted by atomic mass is 10.2. The van der Waals surface area contributed by atoms with E-state index in [1.807, 2.05) is 25.7 Å². The Kier molecular flexibility index (Phi) is 5.50. The van der Waals surface area contributed by atoms with Crippen molar-refractivity contribution in [3.05, 3.63) is 26.6 Å². The largest absolute Gasteiger partial charge is 0.336 e. The first-order chi connectivity index (χ1) is 11.9. The van der Waals surface area contributed by atoms with Gasteiger partial charge in [0.2, 0.25) is 5.91 Å². The molecule has 1 fully saturated rings. The molecule has 1 aliphatic rings. The van der Waals surface area contributed by atoms with E-state index in [9.17, 15) is 9.59 Å². The zero-order valence-corrected chi connectivity index (χ0v) is 16.6. The summed E-state index contributed by atoms with van der Waals surface area (Å²) in [4.78, 5) is 36.3. The number of rotatable bonds is 4. The number of carbonyl (C=O) groups excluding carboxylic acids is 1. The van der Waals surface area contributed by atoms with Crippen molar-refractivity contribution in [1.29, 1.82) is 0 Å². The second-order valence-corrected chi connectivity index (χ2v) is 9.05. The van der Waals surface area contributed by atoms with Crippen LogP contribution in [0.1, 0.15) is 30.1 Å². The minimum Gasteiger partial charge on any atom is -0.336 e. The molecule has 0 saturated carbocycles. The van der Waals surface area contributed by atoms with Gasteiger partial charge in [0, 0.05) is 30.6 Å². The van der Waals surface area contributed by atoms with Gasteiger partial charge in [-0.15, -0.1) is 23.1 Å². The number of thiophene rings is 1. The average Bonchev–Trinajstić information content (AvgIpc) is 2.87. The van der Waals surface area contributed by atoms with Gasteiger partial charge in [0.15, 0.2) is 0 Å². The highest BCUT2D eigenvalue weighted by Crippen LogP contribution is 2.26. The van der Waals surface area contributed by atoms with E-state index in [0.29, 0.717) is 17.0 Å². The molecule has 1 amide bonds. The van der Waals surface area contributed by atoms with Crippen LogP contribution >= 0.6 is 23.1 Å². The molecule has 3 heterocycles. The van der Waals surface area contributed by atoms with Crippen LogP contribution in [-0.4, -0.2) is 51.7 Å². The molecule has 0 spiro atoms. The van der Waals surface area contributed by atoms with E-state index in [0.717, 1.165) is 34.9 Å². The molecule has 2 atom stereocenters. The molecule has 0 bridgehead atoms. The van der Waals surface area contributed by atoms with Crippen LogP contribution in [0.4, 0.5) is 0 Å². The molecule has 25 heavy (non-hydrogen) atoms. The van der Waals surface area contributed by atoms with Gasteiger partial charge in [-0.05, 0) is 33.3 Å². The topological polar surface area (TPSA) is 78.1 Å². The zero-order valence-electron chi connectivity index (χ0n) is 15.0. The average molecular weight is 381 g/mol. The molecule has 1 saturated heterocycles. The minimum absolute atomic E-state index is 0.0860. The summed E-state index contributed by atoms with van der Waals surface area (Å²) in [5.74, 6) is 1.32. The van der Waals surface area contributed by atoms with Gasteiger partial charge in [-0.2, -0.15) is 0 Å². The standard InChI is InChI=1S/C17H24N4O2S2/c1-9-7-18-5-6-21(9)17(23)12(4)24-8-13-19-15(22)14-10(2)11(3)25-16(14)20-13/h9,12,18H,5-8H2,1-4H3,(H,19,20,22). The summed E-state index contributed by atoms with van der Waals surface area (Å²) in [5.41, 5.74) is 0.918. The van der Waals surface area contributed by atoms with Crippen molar-refractivity contribution >= 4 is 39.2 Å². The number of nitrogens with zero attached hydrogens (tertiary/aromatic N) is 2. The second kappa shape index (κ2) is 7.47. The number of H-pyrrole nitrogens is 1. The van der Waals surface area contributed by atoms with Crippen LogP contribution in [0.5, 0.6) is 0 Å². The van der Waals surface area contributed by atoms with E-state index in [1.165, 1.54) is 11.8 Å². The number of hydrogen-bond acceptors (Lipinski definition) is 6. The summed E-state index contributed by atoms with van der Waals surface area (Å²) in [7, 11) is 0. The molecule has 136 valence electrons. The smallest absolute Gasteiger partial charge is 0.259 e. The number of aromatic amines is 1. The van der Waals surface area contributed by atoms with Gasteiger partial charge in [0.1, 0.15) is 10.7 Å². The number of thioether (sulfide) groups is 1. The molecular formula is C17H24N4O2S2. The van der Waals surface area contributed by atoms with E-state index in [1.54, 1.807) is 11.3 Å². The van der Waals surface area contributed by atoms with Crippen LogP contribution < -0.4 is 10.9 Å². The van der Waals surface area contributed by atoms with Crippen molar-refractivity contribution in [2.45, 2.75) is 44.7 Å². The molecule has 2 aromatic rings. The van der Waals surface area contributed by atoms with Crippen LogP contribution in [0, 0.1) is 13.8 Å². The summed E-state index contributed by atoms with van der Waals surface area (Å²) >= 11 is 3.07. The van der Waals surface area contributed by atoms with Crippen LogP contribution in [0.15, 0.2) is 4.79 Å². The first-order valence-electron chi connectivity index (χ1n) is 8.50. The molecular weight excluding hydrogens is 356 g/mol. The quantitative estimate of drug-likeness (QED) is 0.849. The molecule has 3 rings (SSSR count). The van der Waals surface area contributed by atoms with Crippen LogP contribution in [-0.2, 0) is 10.5 Å². The maximum Gasteiger partial charge on any atom is 0.259 e. The van der Waals surface area contributed by atoms with E-state index in [-0.39, 0.29) is 22.8 Å². The fraction of sp³-hybridized carbons (Fsp3) is 0.588. The number of amides is 1. The number of hydrogen-bond donors (Lipinski definition) is 2. The van der Waals surface area contributed by atoms with E-state index in [2.05, 4.69) is 22.2 Å². The molecule has 1 aliphatic heterocycles. The van der Waals surface area contributed by atoms with E-state index in [4.69, 9.17) is 0 Å². The van der Waals surface area contributed by atoms with Crippen molar-refractivity contribution < 1.29 is 4.79 Å². The Morgan fingerprint density at radius 3 is 2.96 bits per heavy atom. The minimum atomic E-state index is -0.159. The lowest BCUT2D eigenvalue weighted by molar-refractivity contribution is -0.133. The predicted octanol–water partition coefficient (Wildman–Crippen LogP) is 2.04. The zero-order chi connectivity index (χ0) is 18.1. The summed E-state index contributed by atoms with van der Waals surface area (Å²) in [6, 6.07) is 0.218. The Labute approximate surface area is 155 Å². The Bertz CT molecular complexity index is 845. The summed E-state index contributed by atoms with van der Waals surface area (Å²) in [6.07, 6.45) is 0. The number of fused-ring (bicyclic) bond motifs is 1.